The van der Waals surface area contributed by atoms with Crippen molar-refractivity contribution in [1.29, 1.82) is 0 Å². The number of aryl methyl sites for hydroxylation is 1. The van der Waals surface area contributed by atoms with Gasteiger partial charge in [0.25, 0.3) is 0 Å². The SMILES string of the molecule is CCCCCCCC[N+](CCCCCCCC)(CCCCCCCC)CCCCCCCC.CCCCCCCCc1ccccc1B(c1ccccc1)c1ccccc1. The Morgan fingerprint density at radius 2 is 0.583 bits per heavy atom. The summed E-state index contributed by atoms with van der Waals surface area (Å²) in [6.45, 7) is 17.8. The maximum Gasteiger partial charge on any atom is 0.241 e. The molecule has 0 unspecified atom stereocenters. The van der Waals surface area contributed by atoms with Crippen LogP contribution >= 0.6 is 0 Å². The molecule has 338 valence electrons. The fourth-order valence-electron chi connectivity index (χ4n) is 9.56. The second-order valence-corrected chi connectivity index (χ2v) is 18.8. The zero-order valence-corrected chi connectivity index (χ0v) is 40.9. The van der Waals surface area contributed by atoms with Crippen LogP contribution in [0.3, 0.4) is 0 Å². The first kappa shape index (κ1) is 53.8. The van der Waals surface area contributed by atoms with E-state index in [1.54, 1.807) is 0 Å². The molecule has 0 N–H and O–H groups in total. The summed E-state index contributed by atoms with van der Waals surface area (Å²) in [5.41, 5.74) is 5.72. The first-order chi connectivity index (χ1) is 29.6. The Balaban J connectivity index is 0.000000420. The van der Waals surface area contributed by atoms with Crippen LogP contribution in [-0.4, -0.2) is 37.4 Å². The molecule has 0 bridgehead atoms. The van der Waals surface area contributed by atoms with E-state index >= 15 is 0 Å². The minimum atomic E-state index is 0.309. The first-order valence-electron chi connectivity index (χ1n) is 26.7. The van der Waals surface area contributed by atoms with Crippen LogP contribution in [0.2, 0.25) is 0 Å². The predicted octanol–water partition coefficient (Wildman–Crippen LogP) is 16.4. The maximum absolute atomic E-state index is 2.34. The Bertz CT molecular complexity index is 1210. The molecule has 0 atom stereocenters. The van der Waals surface area contributed by atoms with E-state index in [4.69, 9.17) is 0 Å². The van der Waals surface area contributed by atoms with Gasteiger partial charge in [0, 0.05) is 0 Å². The Labute approximate surface area is 376 Å². The van der Waals surface area contributed by atoms with Gasteiger partial charge in [0.2, 0.25) is 6.71 Å². The summed E-state index contributed by atoms with van der Waals surface area (Å²) in [5.74, 6) is 0. The van der Waals surface area contributed by atoms with Gasteiger partial charge >= 0.3 is 0 Å². The van der Waals surface area contributed by atoms with E-state index < -0.39 is 0 Å². The van der Waals surface area contributed by atoms with Crippen LogP contribution < -0.4 is 16.4 Å². The number of hydrogen-bond acceptors (Lipinski definition) is 0. The lowest BCUT2D eigenvalue weighted by atomic mass is 9.36. The maximum atomic E-state index is 2.34. The lowest BCUT2D eigenvalue weighted by Crippen LogP contribution is -2.53. The van der Waals surface area contributed by atoms with E-state index in [1.807, 2.05) is 0 Å². The molecular weight excluding hydrogens is 721 g/mol. The van der Waals surface area contributed by atoms with Crippen molar-refractivity contribution < 1.29 is 4.48 Å². The third-order valence-electron chi connectivity index (χ3n) is 13.4. The van der Waals surface area contributed by atoms with E-state index in [1.165, 1.54) is 252 Å². The van der Waals surface area contributed by atoms with Crippen LogP contribution in [0, 0.1) is 0 Å². The molecule has 0 saturated heterocycles. The highest BCUT2D eigenvalue weighted by Crippen LogP contribution is 2.21. The van der Waals surface area contributed by atoms with Crippen molar-refractivity contribution in [1.82, 2.24) is 0 Å². The number of quaternary nitrogens is 1. The Kier molecular flexibility index (Phi) is 34.4. The van der Waals surface area contributed by atoms with Crippen molar-refractivity contribution >= 4 is 23.1 Å². The number of unbranched alkanes of at least 4 members (excludes halogenated alkanes) is 25. The molecule has 0 aromatic heterocycles. The van der Waals surface area contributed by atoms with Gasteiger partial charge in [0.15, 0.2) is 0 Å². The van der Waals surface area contributed by atoms with Crippen LogP contribution in [-0.2, 0) is 6.42 Å². The summed E-state index contributed by atoms with van der Waals surface area (Å²) < 4.78 is 1.48. The summed E-state index contributed by atoms with van der Waals surface area (Å²) >= 11 is 0. The van der Waals surface area contributed by atoms with Crippen molar-refractivity contribution in [3.8, 4) is 0 Å². The largest absolute Gasteiger partial charge is 0.324 e. The van der Waals surface area contributed by atoms with Crippen molar-refractivity contribution in [2.75, 3.05) is 26.2 Å². The molecule has 0 heterocycles. The molecule has 0 amide bonds. The van der Waals surface area contributed by atoms with E-state index in [2.05, 4.69) is 120 Å². The Morgan fingerprint density at radius 3 is 0.933 bits per heavy atom. The van der Waals surface area contributed by atoms with Gasteiger partial charge in [0.05, 0.1) is 26.2 Å². The molecule has 0 aliphatic heterocycles. The van der Waals surface area contributed by atoms with Crippen molar-refractivity contribution in [2.45, 2.75) is 234 Å². The number of nitrogens with zero attached hydrogens (tertiary/aromatic N) is 1. The average Bonchev–Trinajstić information content (AvgIpc) is 3.28. The highest BCUT2D eigenvalue weighted by molar-refractivity contribution is 6.95. The van der Waals surface area contributed by atoms with Crippen LogP contribution in [0.5, 0.6) is 0 Å². The summed E-state index contributed by atoms with van der Waals surface area (Å²) in [5, 5.41) is 0. The monoisotopic (exact) mass is 821 g/mol. The van der Waals surface area contributed by atoms with Gasteiger partial charge in [-0.1, -0.05) is 276 Å². The van der Waals surface area contributed by atoms with E-state index in [9.17, 15) is 0 Å². The molecule has 0 spiro atoms. The lowest BCUT2D eigenvalue weighted by Gasteiger charge is -2.40. The third-order valence-corrected chi connectivity index (χ3v) is 13.4. The molecule has 3 aromatic carbocycles. The second-order valence-electron chi connectivity index (χ2n) is 18.8. The van der Waals surface area contributed by atoms with E-state index in [-0.39, 0.29) is 0 Å². The fourth-order valence-corrected chi connectivity index (χ4v) is 9.56. The van der Waals surface area contributed by atoms with Crippen molar-refractivity contribution in [3.63, 3.8) is 0 Å². The molecule has 3 rings (SSSR count). The molecule has 0 radical (unpaired) electrons. The van der Waals surface area contributed by atoms with Gasteiger partial charge in [-0.05, 0) is 64.2 Å². The summed E-state index contributed by atoms with van der Waals surface area (Å²) in [6, 6.07) is 30.9. The molecule has 3 aromatic rings. The molecular formula is C58H99BN+. The highest BCUT2D eigenvalue weighted by Gasteiger charge is 2.26. The van der Waals surface area contributed by atoms with Crippen LogP contribution in [0.25, 0.3) is 0 Å². The van der Waals surface area contributed by atoms with Gasteiger partial charge < -0.3 is 4.48 Å². The Morgan fingerprint density at radius 1 is 0.300 bits per heavy atom. The van der Waals surface area contributed by atoms with Crippen molar-refractivity contribution in [3.05, 3.63) is 90.5 Å². The Hall–Kier alpha value is -2.32. The molecule has 0 aliphatic rings. The smallest absolute Gasteiger partial charge is 0.241 e. The standard InChI is InChI=1S/C32H68N.C26H31B/c1-5-9-13-17-21-25-29-33(30-26-22-18-14-10-6-2,31-27-23-19-15-11-7-3)32-28-24-20-16-12-8-4;1-2-3-4-5-6-9-16-23-17-14-15-22-26(23)27(24-18-10-7-11-19-24)25-20-12-8-13-21-25/h5-32H2,1-4H3;7-8,10-15,17-22H,2-6,9,16H2,1H3/q+1;. The molecule has 0 saturated carbocycles. The van der Waals surface area contributed by atoms with Crippen molar-refractivity contribution in [2.24, 2.45) is 0 Å². The highest BCUT2D eigenvalue weighted by atomic mass is 15.3. The van der Waals surface area contributed by atoms with E-state index in [0.717, 1.165) is 0 Å². The zero-order chi connectivity index (χ0) is 43.0. The minimum Gasteiger partial charge on any atom is -0.324 e. The normalized spacial score (nSPS) is 11.4. The zero-order valence-electron chi connectivity index (χ0n) is 40.9. The number of hydrogen-bond donors (Lipinski definition) is 0. The van der Waals surface area contributed by atoms with Gasteiger partial charge in [-0.25, -0.2) is 0 Å². The van der Waals surface area contributed by atoms with Gasteiger partial charge in [-0.15, -0.1) is 0 Å². The molecule has 2 heteroatoms. The molecule has 0 aliphatic carbocycles. The van der Waals surface area contributed by atoms with E-state index in [0.29, 0.717) is 6.71 Å². The van der Waals surface area contributed by atoms with Crippen LogP contribution in [0.4, 0.5) is 0 Å². The minimum absolute atomic E-state index is 0.309. The third kappa shape index (κ3) is 25.6. The quantitative estimate of drug-likeness (QED) is 0.0307. The summed E-state index contributed by atoms with van der Waals surface area (Å²) in [7, 11) is 0. The topological polar surface area (TPSA) is 0 Å². The van der Waals surface area contributed by atoms with Crippen LogP contribution in [0.1, 0.15) is 233 Å². The summed E-state index contributed by atoms with van der Waals surface area (Å²) in [4.78, 5) is 0. The molecule has 1 nitrogen and oxygen atoms in total. The molecule has 60 heavy (non-hydrogen) atoms. The summed E-state index contributed by atoms with van der Waals surface area (Å²) in [6.07, 6.45) is 44.0. The number of rotatable bonds is 38. The first-order valence-corrected chi connectivity index (χ1v) is 26.7. The predicted molar refractivity (Wildman–Crippen MR) is 274 cm³/mol. The van der Waals surface area contributed by atoms with Gasteiger partial charge in [0.1, 0.15) is 0 Å². The van der Waals surface area contributed by atoms with Crippen LogP contribution in [0.15, 0.2) is 84.9 Å². The average molecular weight is 821 g/mol. The molecule has 0 fully saturated rings. The fraction of sp³-hybridized carbons (Fsp3) is 0.690. The second kappa shape index (κ2) is 38.4. The lowest BCUT2D eigenvalue weighted by molar-refractivity contribution is -0.929. The number of benzene rings is 3. The van der Waals surface area contributed by atoms with Gasteiger partial charge in [-0.2, -0.15) is 0 Å². The van der Waals surface area contributed by atoms with Gasteiger partial charge in [-0.3, -0.25) is 0 Å².